The summed E-state index contributed by atoms with van der Waals surface area (Å²) in [5, 5.41) is 10.3. The zero-order valence-corrected chi connectivity index (χ0v) is 10.5. The topological polar surface area (TPSA) is 20.2 Å². The van der Waals surface area contributed by atoms with Gasteiger partial charge in [0, 0.05) is 10.3 Å². The van der Waals surface area contributed by atoms with Crippen molar-refractivity contribution in [3.8, 4) is 0 Å². The molecule has 0 spiro atoms. The second-order valence-corrected chi connectivity index (χ2v) is 6.32. The van der Waals surface area contributed by atoms with Gasteiger partial charge in [-0.25, -0.2) is 4.39 Å². The maximum atomic E-state index is 13.7. The molecular weight excluding hydrogens is 223 g/mol. The summed E-state index contributed by atoms with van der Waals surface area (Å²) in [6.07, 6.45) is 1.35. The van der Waals surface area contributed by atoms with Crippen molar-refractivity contribution in [3.05, 3.63) is 35.1 Å². The fourth-order valence-electron chi connectivity index (χ4n) is 2.22. The first-order valence-electron chi connectivity index (χ1n) is 5.61. The predicted octanol–water partition coefficient (Wildman–Crippen LogP) is 3.45. The average molecular weight is 240 g/mol. The van der Waals surface area contributed by atoms with Gasteiger partial charge in [0.15, 0.2) is 0 Å². The first-order valence-corrected chi connectivity index (χ1v) is 6.59. The van der Waals surface area contributed by atoms with Crippen LogP contribution in [0.1, 0.15) is 37.0 Å². The van der Waals surface area contributed by atoms with Crippen LogP contribution in [0.25, 0.3) is 0 Å². The molecule has 1 aliphatic heterocycles. The zero-order chi connectivity index (χ0) is 11.8. The molecule has 0 aliphatic carbocycles. The Bertz CT molecular complexity index is 386. The van der Waals surface area contributed by atoms with E-state index in [1.807, 2.05) is 13.8 Å². The Balaban J connectivity index is 2.32. The molecule has 2 unspecified atom stereocenters. The molecule has 88 valence electrons. The highest BCUT2D eigenvalue weighted by molar-refractivity contribution is 8.00. The molecule has 16 heavy (non-hydrogen) atoms. The molecule has 1 N–H and O–H groups in total. The highest BCUT2D eigenvalue weighted by atomic mass is 32.2. The lowest BCUT2D eigenvalue weighted by Gasteiger charge is -2.29. The zero-order valence-electron chi connectivity index (χ0n) is 9.66. The van der Waals surface area contributed by atoms with Gasteiger partial charge in [-0.05, 0) is 38.5 Å². The van der Waals surface area contributed by atoms with Gasteiger partial charge in [-0.1, -0.05) is 17.7 Å². The normalized spacial score (nSPS) is 27.0. The van der Waals surface area contributed by atoms with E-state index in [9.17, 15) is 9.50 Å². The van der Waals surface area contributed by atoms with Crippen LogP contribution in [0, 0.1) is 12.7 Å². The van der Waals surface area contributed by atoms with Gasteiger partial charge in [0.05, 0.1) is 6.10 Å². The summed E-state index contributed by atoms with van der Waals surface area (Å²) in [6.45, 7) is 3.94. The van der Waals surface area contributed by atoms with Gasteiger partial charge in [-0.2, -0.15) is 11.8 Å². The van der Waals surface area contributed by atoms with Gasteiger partial charge in [-0.3, -0.25) is 0 Å². The van der Waals surface area contributed by atoms with Crippen LogP contribution < -0.4 is 0 Å². The second-order valence-electron chi connectivity index (χ2n) is 4.69. The maximum Gasteiger partial charge on any atom is 0.129 e. The molecule has 1 nitrogen and oxygen atoms in total. The molecule has 2 rings (SSSR count). The van der Waals surface area contributed by atoms with E-state index in [2.05, 4.69) is 0 Å². The number of aryl methyl sites for hydroxylation is 1. The fraction of sp³-hybridized carbons (Fsp3) is 0.538. The van der Waals surface area contributed by atoms with Gasteiger partial charge in [-0.15, -0.1) is 0 Å². The van der Waals surface area contributed by atoms with E-state index in [4.69, 9.17) is 0 Å². The number of rotatable bonds is 2. The lowest BCUT2D eigenvalue weighted by Crippen LogP contribution is -2.27. The minimum absolute atomic E-state index is 0.228. The van der Waals surface area contributed by atoms with Crippen molar-refractivity contribution in [1.82, 2.24) is 0 Å². The van der Waals surface area contributed by atoms with Crippen molar-refractivity contribution in [3.63, 3.8) is 0 Å². The van der Waals surface area contributed by atoms with E-state index >= 15 is 0 Å². The van der Waals surface area contributed by atoms with Crippen LogP contribution in [0.2, 0.25) is 0 Å². The molecule has 0 amide bonds. The molecule has 1 fully saturated rings. The Morgan fingerprint density at radius 3 is 2.88 bits per heavy atom. The summed E-state index contributed by atoms with van der Waals surface area (Å²) in [6, 6.07) is 4.93. The lowest BCUT2D eigenvalue weighted by molar-refractivity contribution is 0.131. The molecule has 2 atom stereocenters. The van der Waals surface area contributed by atoms with Crippen LogP contribution in [0.3, 0.4) is 0 Å². The number of aliphatic hydroxyl groups excluding tert-OH is 1. The van der Waals surface area contributed by atoms with Crippen molar-refractivity contribution < 1.29 is 9.50 Å². The summed E-state index contributed by atoms with van der Waals surface area (Å²) < 4.78 is 13.4. The van der Waals surface area contributed by atoms with Crippen molar-refractivity contribution in [2.75, 3.05) is 5.75 Å². The van der Waals surface area contributed by atoms with Crippen LogP contribution >= 0.6 is 11.8 Å². The molecule has 0 aromatic heterocycles. The number of hydrogen-bond donors (Lipinski definition) is 1. The summed E-state index contributed by atoms with van der Waals surface area (Å²) in [4.78, 5) is 0. The van der Waals surface area contributed by atoms with E-state index < -0.39 is 6.10 Å². The molecule has 0 saturated carbocycles. The highest BCUT2D eigenvalue weighted by Gasteiger charge is 2.38. The van der Waals surface area contributed by atoms with Gasteiger partial charge in [0.1, 0.15) is 5.82 Å². The largest absolute Gasteiger partial charge is 0.387 e. The molecule has 1 aliphatic rings. The Morgan fingerprint density at radius 2 is 2.25 bits per heavy atom. The monoisotopic (exact) mass is 240 g/mol. The average Bonchev–Trinajstić information content (AvgIpc) is 2.69. The summed E-state index contributed by atoms with van der Waals surface area (Å²) in [5.74, 6) is 0.757. The Hall–Kier alpha value is -0.540. The molecule has 1 heterocycles. The highest BCUT2D eigenvalue weighted by Crippen LogP contribution is 2.46. The standard InChI is InChI=1S/C13H17FOS/c1-9-4-5-11(14)10(8-9)12(15)13(2)6-3-7-16-13/h4-5,8,12,15H,3,6-7H2,1-2H3. The summed E-state index contributed by atoms with van der Waals surface area (Å²) in [7, 11) is 0. The summed E-state index contributed by atoms with van der Waals surface area (Å²) in [5.41, 5.74) is 1.43. The van der Waals surface area contributed by atoms with Crippen LogP contribution in [-0.2, 0) is 0 Å². The molecule has 0 radical (unpaired) electrons. The Labute approximate surface area is 100 Å². The van der Waals surface area contributed by atoms with Gasteiger partial charge in [0.2, 0.25) is 0 Å². The van der Waals surface area contributed by atoms with E-state index in [1.54, 1.807) is 23.9 Å². The van der Waals surface area contributed by atoms with Crippen molar-refractivity contribution in [2.24, 2.45) is 0 Å². The van der Waals surface area contributed by atoms with Gasteiger partial charge in [0.25, 0.3) is 0 Å². The second kappa shape index (κ2) is 4.38. The third-order valence-corrected chi connectivity index (χ3v) is 4.85. The van der Waals surface area contributed by atoms with E-state index in [0.29, 0.717) is 5.56 Å². The van der Waals surface area contributed by atoms with Crippen LogP contribution in [-0.4, -0.2) is 15.6 Å². The molecule has 1 aromatic rings. The van der Waals surface area contributed by atoms with Gasteiger partial charge < -0.3 is 5.11 Å². The fourth-order valence-corrected chi connectivity index (χ4v) is 3.55. The van der Waals surface area contributed by atoms with E-state index in [-0.39, 0.29) is 10.6 Å². The van der Waals surface area contributed by atoms with E-state index in [1.165, 1.54) is 6.07 Å². The predicted molar refractivity (Wildman–Crippen MR) is 66.2 cm³/mol. The van der Waals surface area contributed by atoms with Crippen LogP contribution in [0.4, 0.5) is 4.39 Å². The third kappa shape index (κ3) is 2.11. The lowest BCUT2D eigenvalue weighted by atomic mass is 9.92. The van der Waals surface area contributed by atoms with Gasteiger partial charge >= 0.3 is 0 Å². The first-order chi connectivity index (χ1) is 7.53. The maximum absolute atomic E-state index is 13.7. The number of thioether (sulfide) groups is 1. The van der Waals surface area contributed by atoms with Crippen LogP contribution in [0.15, 0.2) is 18.2 Å². The van der Waals surface area contributed by atoms with E-state index in [0.717, 1.165) is 24.2 Å². The number of hydrogen-bond acceptors (Lipinski definition) is 2. The Morgan fingerprint density at radius 1 is 1.50 bits per heavy atom. The molecular formula is C13H17FOS. The molecule has 1 aromatic carbocycles. The first kappa shape index (κ1) is 11.9. The Kier molecular flexibility index (Phi) is 3.27. The minimum Gasteiger partial charge on any atom is -0.387 e. The molecule has 3 heteroatoms. The number of benzene rings is 1. The van der Waals surface area contributed by atoms with Crippen molar-refractivity contribution >= 4 is 11.8 Å². The van der Waals surface area contributed by atoms with Crippen molar-refractivity contribution in [2.45, 2.75) is 37.5 Å². The van der Waals surface area contributed by atoms with Crippen molar-refractivity contribution in [1.29, 1.82) is 0 Å². The minimum atomic E-state index is -0.708. The SMILES string of the molecule is Cc1ccc(F)c(C(O)C2(C)CCCS2)c1. The quantitative estimate of drug-likeness (QED) is 0.854. The molecule has 0 bridgehead atoms. The third-order valence-electron chi connectivity index (χ3n) is 3.27. The smallest absolute Gasteiger partial charge is 0.129 e. The molecule has 1 saturated heterocycles. The number of halogens is 1. The summed E-state index contributed by atoms with van der Waals surface area (Å²) >= 11 is 1.75. The van der Waals surface area contributed by atoms with Crippen LogP contribution in [0.5, 0.6) is 0 Å². The number of aliphatic hydroxyl groups is 1.